The minimum absolute atomic E-state index is 0.185. The van der Waals surface area contributed by atoms with Gasteiger partial charge in [-0.1, -0.05) is 0 Å². The lowest BCUT2D eigenvalue weighted by Gasteiger charge is -2.29. The number of nitrogens with one attached hydrogen (secondary N) is 2. The molecule has 4 heteroatoms. The monoisotopic (exact) mass is 157 g/mol. The van der Waals surface area contributed by atoms with Crippen molar-refractivity contribution >= 4 is 6.03 Å². The molecule has 0 aliphatic carbocycles. The highest BCUT2D eigenvalue weighted by molar-refractivity contribution is 5.71. The Kier molecular flexibility index (Phi) is 2.70. The maximum absolute atomic E-state index is 10.4. The predicted octanol–water partition coefficient (Wildman–Crippen LogP) is -0.205. The van der Waals surface area contributed by atoms with Gasteiger partial charge in [0, 0.05) is 12.1 Å². The van der Waals surface area contributed by atoms with Crippen LogP contribution >= 0.6 is 0 Å². The highest BCUT2D eigenvalue weighted by Gasteiger charge is 2.19. The molecule has 1 saturated heterocycles. The van der Waals surface area contributed by atoms with Crippen molar-refractivity contribution in [3.8, 4) is 0 Å². The van der Waals surface area contributed by atoms with Crippen LogP contribution in [0.1, 0.15) is 19.8 Å². The van der Waals surface area contributed by atoms with Gasteiger partial charge < -0.3 is 16.4 Å². The highest BCUT2D eigenvalue weighted by atomic mass is 16.2. The van der Waals surface area contributed by atoms with Gasteiger partial charge in [-0.3, -0.25) is 0 Å². The molecule has 0 bridgehead atoms. The van der Waals surface area contributed by atoms with E-state index in [1.165, 1.54) is 6.42 Å². The zero-order chi connectivity index (χ0) is 8.27. The summed E-state index contributed by atoms with van der Waals surface area (Å²) < 4.78 is 0. The predicted molar refractivity (Wildman–Crippen MR) is 43.2 cm³/mol. The summed E-state index contributed by atoms with van der Waals surface area (Å²) in [5, 5.41) is 5.90. The summed E-state index contributed by atoms with van der Waals surface area (Å²) in [6, 6.07) is 0.332. The SMILES string of the molecule is CC(CC1CCN1)NC(N)=O. The standard InChI is InChI=1S/C7H15N3O/c1-5(10-7(8)11)4-6-2-3-9-6/h5-6,9H,2-4H2,1H3,(H3,8,10,11). The molecule has 0 saturated carbocycles. The lowest BCUT2D eigenvalue weighted by Crippen LogP contribution is -2.48. The Morgan fingerprint density at radius 2 is 2.55 bits per heavy atom. The number of nitrogens with two attached hydrogens (primary N) is 1. The Morgan fingerprint density at radius 1 is 1.91 bits per heavy atom. The van der Waals surface area contributed by atoms with Crippen molar-refractivity contribution < 1.29 is 4.79 Å². The molecule has 64 valence electrons. The molecule has 4 N–H and O–H groups in total. The summed E-state index contributed by atoms with van der Waals surface area (Å²) in [4.78, 5) is 10.4. The fraction of sp³-hybridized carbons (Fsp3) is 0.857. The number of primary amides is 1. The van der Waals surface area contributed by atoms with Crippen LogP contribution in [0.5, 0.6) is 0 Å². The third-order valence-electron chi connectivity index (χ3n) is 1.95. The molecule has 2 amide bonds. The Hall–Kier alpha value is -0.770. The second kappa shape index (κ2) is 3.57. The van der Waals surface area contributed by atoms with Crippen molar-refractivity contribution in [3.63, 3.8) is 0 Å². The molecule has 0 spiro atoms. The van der Waals surface area contributed by atoms with Gasteiger partial charge in [0.05, 0.1) is 0 Å². The van der Waals surface area contributed by atoms with Gasteiger partial charge >= 0.3 is 6.03 Å². The largest absolute Gasteiger partial charge is 0.352 e. The van der Waals surface area contributed by atoms with Crippen molar-refractivity contribution in [3.05, 3.63) is 0 Å². The lowest BCUT2D eigenvalue weighted by atomic mass is 10.00. The molecule has 2 atom stereocenters. The first-order chi connectivity index (χ1) is 5.18. The minimum atomic E-state index is -0.433. The number of urea groups is 1. The Labute approximate surface area is 66.5 Å². The van der Waals surface area contributed by atoms with E-state index in [2.05, 4.69) is 10.6 Å². The van der Waals surface area contributed by atoms with Gasteiger partial charge in [0.15, 0.2) is 0 Å². The van der Waals surface area contributed by atoms with Gasteiger partial charge in [-0.05, 0) is 26.3 Å². The molecule has 4 nitrogen and oxygen atoms in total. The first-order valence-electron chi connectivity index (χ1n) is 3.98. The summed E-state index contributed by atoms with van der Waals surface area (Å²) >= 11 is 0. The number of hydrogen-bond acceptors (Lipinski definition) is 2. The smallest absolute Gasteiger partial charge is 0.312 e. The molecule has 2 unspecified atom stereocenters. The zero-order valence-corrected chi connectivity index (χ0v) is 6.76. The van der Waals surface area contributed by atoms with Crippen molar-refractivity contribution in [1.82, 2.24) is 10.6 Å². The van der Waals surface area contributed by atoms with Crippen LogP contribution in [0.15, 0.2) is 0 Å². The fourth-order valence-electron chi connectivity index (χ4n) is 1.28. The molecule has 1 aliphatic heterocycles. The molecule has 0 radical (unpaired) electrons. The summed E-state index contributed by atoms with van der Waals surface area (Å²) in [7, 11) is 0. The second-order valence-electron chi connectivity index (χ2n) is 3.09. The van der Waals surface area contributed by atoms with Gasteiger partial charge in [-0.25, -0.2) is 4.79 Å². The minimum Gasteiger partial charge on any atom is -0.352 e. The third kappa shape index (κ3) is 2.76. The van der Waals surface area contributed by atoms with E-state index < -0.39 is 6.03 Å². The third-order valence-corrected chi connectivity index (χ3v) is 1.95. The molecule has 11 heavy (non-hydrogen) atoms. The van der Waals surface area contributed by atoms with Gasteiger partial charge in [0.1, 0.15) is 0 Å². The van der Waals surface area contributed by atoms with Crippen molar-refractivity contribution in [2.45, 2.75) is 31.8 Å². The molecule has 0 aromatic heterocycles. The molecular weight excluding hydrogens is 142 g/mol. The summed E-state index contributed by atoms with van der Waals surface area (Å²) in [5.41, 5.74) is 4.96. The number of amides is 2. The number of carbonyl (C=O) groups excluding carboxylic acids is 1. The lowest BCUT2D eigenvalue weighted by molar-refractivity contribution is 0.241. The van der Waals surface area contributed by atoms with Crippen LogP contribution in [0.2, 0.25) is 0 Å². The van der Waals surface area contributed by atoms with Crippen molar-refractivity contribution in [2.75, 3.05) is 6.54 Å². The Balaban J connectivity index is 2.09. The van der Waals surface area contributed by atoms with Crippen LogP contribution in [-0.2, 0) is 0 Å². The molecule has 1 aliphatic rings. The van der Waals surface area contributed by atoms with Crippen LogP contribution in [-0.4, -0.2) is 24.7 Å². The van der Waals surface area contributed by atoms with E-state index in [-0.39, 0.29) is 6.04 Å². The number of hydrogen-bond donors (Lipinski definition) is 3. The second-order valence-corrected chi connectivity index (χ2v) is 3.09. The normalized spacial score (nSPS) is 25.4. The molecule has 0 aromatic carbocycles. The molecule has 1 rings (SSSR count). The maximum Gasteiger partial charge on any atom is 0.312 e. The van der Waals surface area contributed by atoms with Crippen LogP contribution in [0.25, 0.3) is 0 Å². The number of rotatable bonds is 3. The van der Waals surface area contributed by atoms with Crippen LogP contribution in [0.3, 0.4) is 0 Å². The zero-order valence-electron chi connectivity index (χ0n) is 6.76. The maximum atomic E-state index is 10.4. The van der Waals surface area contributed by atoms with Crippen molar-refractivity contribution in [2.24, 2.45) is 5.73 Å². The highest BCUT2D eigenvalue weighted by Crippen LogP contribution is 2.08. The molecule has 1 fully saturated rings. The summed E-state index contributed by atoms with van der Waals surface area (Å²) in [6.45, 7) is 3.07. The molecule has 1 heterocycles. The first kappa shape index (κ1) is 8.33. The molecular formula is C7H15N3O. The van der Waals surface area contributed by atoms with E-state index in [1.54, 1.807) is 0 Å². The van der Waals surface area contributed by atoms with Crippen LogP contribution in [0, 0.1) is 0 Å². The average molecular weight is 157 g/mol. The summed E-state index contributed by atoms with van der Waals surface area (Å²) in [6.07, 6.45) is 2.19. The van der Waals surface area contributed by atoms with E-state index in [9.17, 15) is 4.79 Å². The summed E-state index contributed by atoms with van der Waals surface area (Å²) in [5.74, 6) is 0. The van der Waals surface area contributed by atoms with E-state index in [0.717, 1.165) is 13.0 Å². The van der Waals surface area contributed by atoms with Gasteiger partial charge in [-0.15, -0.1) is 0 Å². The Morgan fingerprint density at radius 3 is 2.91 bits per heavy atom. The number of carbonyl (C=O) groups is 1. The quantitative estimate of drug-likeness (QED) is 0.531. The first-order valence-corrected chi connectivity index (χ1v) is 3.98. The van der Waals surface area contributed by atoms with Gasteiger partial charge in [0.2, 0.25) is 0 Å². The van der Waals surface area contributed by atoms with Crippen LogP contribution in [0.4, 0.5) is 4.79 Å². The van der Waals surface area contributed by atoms with Gasteiger partial charge in [0.25, 0.3) is 0 Å². The van der Waals surface area contributed by atoms with E-state index >= 15 is 0 Å². The van der Waals surface area contributed by atoms with E-state index in [4.69, 9.17) is 5.73 Å². The fourth-order valence-corrected chi connectivity index (χ4v) is 1.28. The van der Waals surface area contributed by atoms with E-state index in [1.807, 2.05) is 6.92 Å². The van der Waals surface area contributed by atoms with Gasteiger partial charge in [-0.2, -0.15) is 0 Å². The van der Waals surface area contributed by atoms with Crippen molar-refractivity contribution in [1.29, 1.82) is 0 Å². The molecule has 0 aromatic rings. The Bertz CT molecular complexity index is 145. The topological polar surface area (TPSA) is 67.2 Å². The van der Waals surface area contributed by atoms with E-state index in [0.29, 0.717) is 6.04 Å². The average Bonchev–Trinajstić information content (AvgIpc) is 1.77. The van der Waals surface area contributed by atoms with Crippen LogP contribution < -0.4 is 16.4 Å².